The van der Waals surface area contributed by atoms with Crippen molar-refractivity contribution in [3.05, 3.63) is 82.5 Å². The van der Waals surface area contributed by atoms with Crippen molar-refractivity contribution in [2.24, 2.45) is 0 Å². The Morgan fingerprint density at radius 1 is 1.16 bits per heavy atom. The van der Waals surface area contributed by atoms with Crippen molar-refractivity contribution in [2.75, 3.05) is 5.32 Å². The first-order chi connectivity index (χ1) is 15.5. The predicted octanol–water partition coefficient (Wildman–Crippen LogP) is 6.58. The van der Waals surface area contributed by atoms with E-state index in [0.717, 1.165) is 22.0 Å². The van der Waals surface area contributed by atoms with Crippen LogP contribution < -0.4 is 5.32 Å². The van der Waals surface area contributed by atoms with Gasteiger partial charge in [0, 0.05) is 22.7 Å². The fourth-order valence-corrected chi connectivity index (χ4v) is 4.73. The maximum atomic E-state index is 13.4. The number of rotatable bonds is 7. The number of carbonyl (C=O) groups is 1. The van der Waals surface area contributed by atoms with Crippen molar-refractivity contribution in [2.45, 2.75) is 44.1 Å². The minimum absolute atomic E-state index is 0.111. The lowest BCUT2D eigenvalue weighted by atomic mass is 10.1. The molecule has 1 atom stereocenters. The number of benzene rings is 2. The van der Waals surface area contributed by atoms with Crippen LogP contribution in [0, 0.1) is 13.8 Å². The molecular formula is C25H25ClN4OS. The number of imidazole rings is 1. The summed E-state index contributed by atoms with van der Waals surface area (Å²) in [5.41, 5.74) is 5.61. The zero-order valence-corrected chi connectivity index (χ0v) is 19.9. The minimum atomic E-state index is -0.450. The molecule has 0 bridgehead atoms. The molecule has 0 fully saturated rings. The second-order valence-corrected chi connectivity index (χ2v) is 9.14. The highest BCUT2D eigenvalue weighted by Gasteiger charge is 2.25. The van der Waals surface area contributed by atoms with E-state index in [1.807, 2.05) is 42.7 Å². The fraction of sp³-hybridized carbons (Fsp3) is 0.240. The number of pyridine rings is 1. The molecule has 0 unspecified atom stereocenters. The van der Waals surface area contributed by atoms with E-state index in [2.05, 4.69) is 41.5 Å². The Morgan fingerprint density at radius 2 is 1.94 bits per heavy atom. The van der Waals surface area contributed by atoms with Crippen molar-refractivity contribution in [1.29, 1.82) is 0 Å². The molecule has 0 radical (unpaired) electrons. The predicted molar refractivity (Wildman–Crippen MR) is 132 cm³/mol. The summed E-state index contributed by atoms with van der Waals surface area (Å²) in [6, 6.07) is 17.3. The molecule has 1 amide bonds. The first-order valence-electron chi connectivity index (χ1n) is 10.5. The number of hydrogen-bond donors (Lipinski definition) is 1. The van der Waals surface area contributed by atoms with Gasteiger partial charge in [-0.2, -0.15) is 0 Å². The van der Waals surface area contributed by atoms with Gasteiger partial charge < -0.3 is 5.32 Å². The lowest BCUT2D eigenvalue weighted by Crippen LogP contribution is -2.26. The van der Waals surface area contributed by atoms with Crippen molar-refractivity contribution >= 4 is 46.1 Å². The van der Waals surface area contributed by atoms with Crippen LogP contribution in [0.1, 0.15) is 36.1 Å². The minimum Gasteiger partial charge on any atom is -0.324 e. The molecule has 2 aromatic carbocycles. The van der Waals surface area contributed by atoms with Gasteiger partial charge >= 0.3 is 0 Å². The number of anilines is 1. The van der Waals surface area contributed by atoms with Crippen LogP contribution >= 0.6 is 23.4 Å². The summed E-state index contributed by atoms with van der Waals surface area (Å²) in [6.07, 6.45) is 2.34. The Hall–Kier alpha value is -2.83. The third kappa shape index (κ3) is 4.81. The van der Waals surface area contributed by atoms with Gasteiger partial charge in [-0.15, -0.1) is 0 Å². The molecule has 2 heterocycles. The third-order valence-electron chi connectivity index (χ3n) is 5.36. The zero-order valence-electron chi connectivity index (χ0n) is 18.3. The number of hydrogen-bond acceptors (Lipinski definition) is 4. The van der Waals surface area contributed by atoms with E-state index in [0.29, 0.717) is 22.8 Å². The molecule has 32 heavy (non-hydrogen) atoms. The van der Waals surface area contributed by atoms with E-state index < -0.39 is 6.04 Å². The van der Waals surface area contributed by atoms with Crippen molar-refractivity contribution in [3.8, 4) is 0 Å². The molecule has 4 aromatic rings. The highest BCUT2D eigenvalue weighted by molar-refractivity contribution is 7.98. The first kappa shape index (κ1) is 22.4. The van der Waals surface area contributed by atoms with Gasteiger partial charge in [0.2, 0.25) is 5.91 Å². The van der Waals surface area contributed by atoms with Gasteiger partial charge in [-0.1, -0.05) is 66.2 Å². The van der Waals surface area contributed by atoms with Gasteiger partial charge in [0.25, 0.3) is 0 Å². The quantitative estimate of drug-likeness (QED) is 0.313. The summed E-state index contributed by atoms with van der Waals surface area (Å²) in [7, 11) is 0. The van der Waals surface area contributed by atoms with Gasteiger partial charge in [-0.05, 0) is 55.7 Å². The van der Waals surface area contributed by atoms with Crippen LogP contribution in [-0.2, 0) is 10.5 Å². The number of amides is 1. The van der Waals surface area contributed by atoms with E-state index in [9.17, 15) is 4.79 Å². The largest absolute Gasteiger partial charge is 0.324 e. The molecule has 0 aliphatic carbocycles. The van der Waals surface area contributed by atoms with E-state index >= 15 is 0 Å². The highest BCUT2D eigenvalue weighted by Crippen LogP contribution is 2.31. The number of thioether (sulfide) groups is 1. The maximum Gasteiger partial charge on any atom is 0.247 e. The number of halogens is 1. The first-order valence-corrected chi connectivity index (χ1v) is 11.9. The molecule has 0 saturated carbocycles. The van der Waals surface area contributed by atoms with Gasteiger partial charge in [0.05, 0.1) is 0 Å². The molecule has 7 heteroatoms. The summed E-state index contributed by atoms with van der Waals surface area (Å²) in [5.74, 6) is 0.648. The average molecular weight is 465 g/mol. The Kier molecular flexibility index (Phi) is 6.82. The van der Waals surface area contributed by atoms with E-state index in [-0.39, 0.29) is 5.91 Å². The molecule has 0 spiro atoms. The number of nitrogens with one attached hydrogen (secondary N) is 1. The maximum absolute atomic E-state index is 13.4. The normalized spacial score (nSPS) is 12.1. The standard InChI is InChI=1S/C25H25ClN4OS/c1-4-22(24(31)28-21-14-19(26)12-9-17(21)3)30-23-20(6-5-13-27-23)29-25(30)32-15-18-10-7-16(2)8-11-18/h5-14,22H,4,15H2,1-3H3,(H,28,31)/t22-/m1/s1. The molecule has 4 rings (SSSR count). The third-order valence-corrected chi connectivity index (χ3v) is 6.62. The summed E-state index contributed by atoms with van der Waals surface area (Å²) in [6.45, 7) is 6.02. The number of carbonyl (C=O) groups excluding carboxylic acids is 1. The van der Waals surface area contributed by atoms with E-state index in [4.69, 9.17) is 16.6 Å². The van der Waals surface area contributed by atoms with E-state index in [1.54, 1.807) is 24.0 Å². The SMILES string of the molecule is CC[C@H](C(=O)Nc1cc(Cl)ccc1C)n1c(SCc2ccc(C)cc2)nc2cccnc21. The molecular weight excluding hydrogens is 440 g/mol. The van der Waals surface area contributed by atoms with Crippen LogP contribution in [0.4, 0.5) is 5.69 Å². The van der Waals surface area contributed by atoms with Crippen LogP contribution in [0.2, 0.25) is 5.02 Å². The van der Waals surface area contributed by atoms with Crippen LogP contribution in [0.25, 0.3) is 11.2 Å². The zero-order chi connectivity index (χ0) is 22.7. The average Bonchev–Trinajstić information content (AvgIpc) is 3.15. The van der Waals surface area contributed by atoms with Crippen LogP contribution in [0.15, 0.2) is 66.0 Å². The molecule has 0 aliphatic heterocycles. The monoisotopic (exact) mass is 464 g/mol. The van der Waals surface area contributed by atoms with Gasteiger partial charge in [0.15, 0.2) is 10.8 Å². The van der Waals surface area contributed by atoms with Crippen molar-refractivity contribution in [1.82, 2.24) is 14.5 Å². The number of aromatic nitrogens is 3. The number of aryl methyl sites for hydroxylation is 2. The second kappa shape index (κ2) is 9.76. The van der Waals surface area contributed by atoms with Crippen LogP contribution in [0.5, 0.6) is 0 Å². The molecule has 164 valence electrons. The fourth-order valence-electron chi connectivity index (χ4n) is 3.55. The Balaban J connectivity index is 1.67. The lowest BCUT2D eigenvalue weighted by molar-refractivity contribution is -0.119. The smallest absolute Gasteiger partial charge is 0.247 e. The highest BCUT2D eigenvalue weighted by atomic mass is 35.5. The molecule has 0 aliphatic rings. The summed E-state index contributed by atoms with van der Waals surface area (Å²) < 4.78 is 1.96. The molecule has 1 N–H and O–H groups in total. The number of nitrogens with zero attached hydrogens (tertiary/aromatic N) is 3. The second-order valence-electron chi connectivity index (χ2n) is 7.76. The summed E-state index contributed by atoms with van der Waals surface area (Å²) in [4.78, 5) is 22.7. The summed E-state index contributed by atoms with van der Waals surface area (Å²) in [5, 5.41) is 4.42. The van der Waals surface area contributed by atoms with Crippen molar-refractivity contribution < 1.29 is 4.79 Å². The van der Waals surface area contributed by atoms with Gasteiger partial charge in [-0.3, -0.25) is 9.36 Å². The van der Waals surface area contributed by atoms with Crippen molar-refractivity contribution in [3.63, 3.8) is 0 Å². The topological polar surface area (TPSA) is 59.8 Å². The van der Waals surface area contributed by atoms with E-state index in [1.165, 1.54) is 11.1 Å². The molecule has 2 aromatic heterocycles. The van der Waals surface area contributed by atoms with Crippen LogP contribution in [-0.4, -0.2) is 20.4 Å². The molecule has 5 nitrogen and oxygen atoms in total. The lowest BCUT2D eigenvalue weighted by Gasteiger charge is -2.20. The Morgan fingerprint density at radius 3 is 2.69 bits per heavy atom. The summed E-state index contributed by atoms with van der Waals surface area (Å²) >= 11 is 7.76. The Bertz CT molecular complexity index is 1250. The Labute approximate surface area is 197 Å². The molecule has 0 saturated heterocycles. The van der Waals surface area contributed by atoms with Crippen LogP contribution in [0.3, 0.4) is 0 Å². The number of fused-ring (bicyclic) bond motifs is 1. The van der Waals surface area contributed by atoms with Gasteiger partial charge in [0.1, 0.15) is 11.6 Å². The van der Waals surface area contributed by atoms with Gasteiger partial charge in [-0.25, -0.2) is 9.97 Å².